The Bertz CT molecular complexity index is 393. The lowest BCUT2D eigenvalue weighted by Gasteiger charge is -2.09. The number of hydrogen-bond acceptors (Lipinski definition) is 5. The maximum Gasteiger partial charge on any atom is 0.252 e. The molecule has 0 aliphatic heterocycles. The van der Waals surface area contributed by atoms with Gasteiger partial charge in [0.15, 0.2) is 5.13 Å². The van der Waals surface area contributed by atoms with Gasteiger partial charge in [0.1, 0.15) is 6.61 Å². The fourth-order valence-corrected chi connectivity index (χ4v) is 2.23. The molecule has 1 atom stereocenters. The van der Waals surface area contributed by atoms with Gasteiger partial charge in [0, 0.05) is 11.4 Å². The summed E-state index contributed by atoms with van der Waals surface area (Å²) in [5.41, 5.74) is 0.957. The van der Waals surface area contributed by atoms with E-state index >= 15 is 0 Å². The first-order chi connectivity index (χ1) is 9.02. The zero-order valence-corrected chi connectivity index (χ0v) is 12.8. The smallest absolute Gasteiger partial charge is 0.252 e. The number of carbonyl (C=O) groups is 1. The first-order valence-electron chi connectivity index (χ1n) is 6.63. The van der Waals surface area contributed by atoms with Gasteiger partial charge >= 0.3 is 0 Å². The summed E-state index contributed by atoms with van der Waals surface area (Å²) in [7, 11) is 0. The molecule has 19 heavy (non-hydrogen) atoms. The molecule has 0 spiro atoms. The molecule has 0 aromatic carbocycles. The van der Waals surface area contributed by atoms with E-state index in [1.165, 1.54) is 11.3 Å². The number of nitrogens with one attached hydrogen (secondary N) is 2. The molecule has 0 saturated heterocycles. The topological polar surface area (TPSA) is 63.2 Å². The summed E-state index contributed by atoms with van der Waals surface area (Å²) in [6.07, 6.45) is 1.14. The van der Waals surface area contributed by atoms with Gasteiger partial charge in [0.2, 0.25) is 0 Å². The molecule has 6 heteroatoms. The van der Waals surface area contributed by atoms with Crippen LogP contribution >= 0.6 is 11.3 Å². The van der Waals surface area contributed by atoms with E-state index in [1.54, 1.807) is 0 Å². The lowest BCUT2D eigenvalue weighted by Crippen LogP contribution is -2.21. The minimum absolute atomic E-state index is 0.0517. The Labute approximate surface area is 118 Å². The van der Waals surface area contributed by atoms with Gasteiger partial charge in [0.05, 0.1) is 11.8 Å². The third kappa shape index (κ3) is 6.13. The molecule has 0 radical (unpaired) electrons. The Hall–Kier alpha value is -0.980. The van der Waals surface area contributed by atoms with Gasteiger partial charge in [-0.2, -0.15) is 0 Å². The number of carbonyl (C=O) groups excluding carboxylic acids is 1. The molecule has 0 aliphatic rings. The number of aromatic nitrogens is 1. The molecule has 5 nitrogen and oxygen atoms in total. The van der Waals surface area contributed by atoms with Crippen molar-refractivity contribution in [3.8, 4) is 0 Å². The zero-order chi connectivity index (χ0) is 14.3. The molecule has 1 unspecified atom stereocenters. The normalized spacial score (nSPS) is 12.7. The number of nitrogens with zero attached hydrogens (tertiary/aromatic N) is 1. The molecular formula is C13H23N3O2S. The van der Waals surface area contributed by atoms with Gasteiger partial charge in [-0.05, 0) is 33.7 Å². The maximum absolute atomic E-state index is 11.6. The summed E-state index contributed by atoms with van der Waals surface area (Å²) in [5, 5.41) is 8.69. The van der Waals surface area contributed by atoms with Crippen LogP contribution in [0.1, 0.15) is 45.9 Å². The Balaban J connectivity index is 2.43. The highest BCUT2D eigenvalue weighted by atomic mass is 32.1. The van der Waals surface area contributed by atoms with Crippen molar-refractivity contribution in [2.75, 3.05) is 18.5 Å². The Morgan fingerprint density at radius 2 is 2.21 bits per heavy atom. The third-order valence-electron chi connectivity index (χ3n) is 2.46. The van der Waals surface area contributed by atoms with Crippen LogP contribution in [0.15, 0.2) is 5.38 Å². The molecule has 0 saturated carbocycles. The third-order valence-corrected chi connectivity index (χ3v) is 3.24. The van der Waals surface area contributed by atoms with E-state index in [0.29, 0.717) is 5.13 Å². The molecule has 1 aromatic rings. The monoisotopic (exact) mass is 285 g/mol. The summed E-state index contributed by atoms with van der Waals surface area (Å²) in [6, 6.07) is 0.203. The fraction of sp³-hybridized carbons (Fsp3) is 0.692. The largest absolute Gasteiger partial charge is 0.369 e. The molecule has 1 heterocycles. The van der Waals surface area contributed by atoms with Crippen LogP contribution in [0, 0.1) is 0 Å². The quantitative estimate of drug-likeness (QED) is 0.770. The van der Waals surface area contributed by atoms with Crippen LogP contribution in [0.4, 0.5) is 5.13 Å². The highest BCUT2D eigenvalue weighted by molar-refractivity contribution is 7.13. The first kappa shape index (κ1) is 16.1. The van der Waals surface area contributed by atoms with Crippen molar-refractivity contribution in [2.24, 2.45) is 0 Å². The van der Waals surface area contributed by atoms with Crippen LogP contribution in [0.2, 0.25) is 0 Å². The summed E-state index contributed by atoms with van der Waals surface area (Å²) in [5.74, 6) is -0.163. The molecule has 0 bridgehead atoms. The summed E-state index contributed by atoms with van der Waals surface area (Å²) in [6.45, 7) is 9.02. The second-order valence-electron chi connectivity index (χ2n) is 4.66. The van der Waals surface area contributed by atoms with Crippen LogP contribution in [0.3, 0.4) is 0 Å². The van der Waals surface area contributed by atoms with E-state index in [4.69, 9.17) is 4.74 Å². The predicted molar refractivity (Wildman–Crippen MR) is 78.5 cm³/mol. The van der Waals surface area contributed by atoms with Gasteiger partial charge in [-0.3, -0.25) is 10.1 Å². The minimum Gasteiger partial charge on any atom is -0.369 e. The molecule has 108 valence electrons. The van der Waals surface area contributed by atoms with Crippen molar-refractivity contribution < 1.29 is 9.53 Å². The zero-order valence-electron chi connectivity index (χ0n) is 12.0. The summed E-state index contributed by atoms with van der Waals surface area (Å²) >= 11 is 1.44. The Morgan fingerprint density at radius 3 is 2.84 bits per heavy atom. The fourth-order valence-electron chi connectivity index (χ4n) is 1.41. The molecule has 0 aliphatic carbocycles. The maximum atomic E-state index is 11.6. The molecule has 0 fully saturated rings. The number of rotatable bonds is 8. The van der Waals surface area contributed by atoms with Gasteiger partial charge in [0.25, 0.3) is 5.91 Å². The number of amides is 1. The van der Waals surface area contributed by atoms with Crippen LogP contribution < -0.4 is 10.6 Å². The van der Waals surface area contributed by atoms with Gasteiger partial charge in [-0.25, -0.2) is 4.98 Å². The van der Waals surface area contributed by atoms with E-state index < -0.39 is 0 Å². The van der Waals surface area contributed by atoms with Crippen molar-refractivity contribution in [3.63, 3.8) is 0 Å². The lowest BCUT2D eigenvalue weighted by molar-refractivity contribution is -0.121. The molecule has 1 rings (SSSR count). The van der Waals surface area contributed by atoms with Gasteiger partial charge < -0.3 is 10.1 Å². The van der Waals surface area contributed by atoms with Crippen molar-refractivity contribution in [1.82, 2.24) is 10.3 Å². The van der Waals surface area contributed by atoms with Crippen molar-refractivity contribution in [2.45, 2.75) is 46.3 Å². The number of thiazole rings is 1. The summed E-state index contributed by atoms with van der Waals surface area (Å²) in [4.78, 5) is 16.0. The number of ether oxygens (including phenoxy) is 1. The minimum atomic E-state index is -0.163. The second kappa shape index (κ2) is 8.24. The van der Waals surface area contributed by atoms with Gasteiger partial charge in [-0.1, -0.05) is 6.92 Å². The molecule has 1 aromatic heterocycles. The molecular weight excluding hydrogens is 262 g/mol. The number of hydrogen-bond donors (Lipinski definition) is 2. The lowest BCUT2D eigenvalue weighted by atomic mass is 10.2. The van der Waals surface area contributed by atoms with E-state index in [9.17, 15) is 4.79 Å². The average molecular weight is 285 g/mol. The summed E-state index contributed by atoms with van der Waals surface area (Å²) < 4.78 is 5.24. The van der Waals surface area contributed by atoms with E-state index in [0.717, 1.165) is 18.7 Å². The molecule has 2 N–H and O–H groups in total. The van der Waals surface area contributed by atoms with Crippen LogP contribution in [0.5, 0.6) is 0 Å². The highest BCUT2D eigenvalue weighted by Gasteiger charge is 2.11. The van der Waals surface area contributed by atoms with E-state index in [2.05, 4.69) is 29.5 Å². The Morgan fingerprint density at radius 1 is 1.47 bits per heavy atom. The Kier molecular flexibility index (Phi) is 6.97. The molecule has 1 amide bonds. The van der Waals surface area contributed by atoms with Crippen LogP contribution in [-0.4, -0.2) is 30.1 Å². The van der Waals surface area contributed by atoms with Crippen molar-refractivity contribution in [1.29, 1.82) is 0 Å². The van der Waals surface area contributed by atoms with E-state index in [1.807, 2.05) is 19.2 Å². The van der Waals surface area contributed by atoms with Crippen LogP contribution in [-0.2, 0) is 9.53 Å². The second-order valence-corrected chi connectivity index (χ2v) is 5.52. The van der Waals surface area contributed by atoms with Crippen LogP contribution in [0.25, 0.3) is 0 Å². The first-order valence-corrected chi connectivity index (χ1v) is 7.51. The standard InChI is InChI=1S/C13H23N3O2S/c1-5-6-14-10(4)11-8-19-13(15-11)16-12(17)7-18-9(2)3/h8-10,14H,5-7H2,1-4H3,(H,15,16,17). The predicted octanol–water partition coefficient (Wildman–Crippen LogP) is 2.57. The average Bonchev–Trinajstić information content (AvgIpc) is 2.82. The van der Waals surface area contributed by atoms with E-state index in [-0.39, 0.29) is 24.7 Å². The number of anilines is 1. The van der Waals surface area contributed by atoms with Crippen molar-refractivity contribution in [3.05, 3.63) is 11.1 Å². The highest BCUT2D eigenvalue weighted by Crippen LogP contribution is 2.20. The van der Waals surface area contributed by atoms with Gasteiger partial charge in [-0.15, -0.1) is 11.3 Å². The van der Waals surface area contributed by atoms with Crippen molar-refractivity contribution >= 4 is 22.4 Å². The SMILES string of the molecule is CCCNC(C)c1csc(NC(=O)COC(C)C)n1.